The topological polar surface area (TPSA) is 76.9 Å². The van der Waals surface area contributed by atoms with Gasteiger partial charge in [0.1, 0.15) is 17.3 Å². The maximum absolute atomic E-state index is 14.0. The molecule has 3 rings (SSSR count). The van der Waals surface area contributed by atoms with Gasteiger partial charge in [0.05, 0.1) is 5.02 Å². The summed E-state index contributed by atoms with van der Waals surface area (Å²) in [5, 5.41) is 6.89. The lowest BCUT2D eigenvalue weighted by Gasteiger charge is -2.11. The van der Waals surface area contributed by atoms with E-state index in [4.69, 9.17) is 11.6 Å². The lowest BCUT2D eigenvalue weighted by Crippen LogP contribution is -2.27. The Hall–Kier alpha value is -3.06. The van der Waals surface area contributed by atoms with Crippen LogP contribution in [0.15, 0.2) is 53.5 Å². The molecule has 0 radical (unpaired) electrons. The van der Waals surface area contributed by atoms with Gasteiger partial charge >= 0.3 is 0 Å². The van der Waals surface area contributed by atoms with E-state index < -0.39 is 17.2 Å². The van der Waals surface area contributed by atoms with E-state index in [-0.39, 0.29) is 17.2 Å². The standard InChI is InChI=1S/C17H12ClFN4O2/c1-10-8-14(24)16(17(25)21-15-7-6-11(18)9-20-15)22-23(10)13-5-3-2-4-12(13)19/h2-9H,1H3,(H,20,21,25). The van der Waals surface area contributed by atoms with Crippen LogP contribution in [0.1, 0.15) is 16.2 Å². The summed E-state index contributed by atoms with van der Waals surface area (Å²) >= 11 is 5.73. The lowest BCUT2D eigenvalue weighted by molar-refractivity contribution is 0.101. The monoisotopic (exact) mass is 358 g/mol. The average molecular weight is 359 g/mol. The minimum Gasteiger partial charge on any atom is -0.305 e. The molecule has 1 amide bonds. The van der Waals surface area contributed by atoms with Gasteiger partial charge in [-0.2, -0.15) is 5.10 Å². The molecule has 1 aromatic carbocycles. The fourth-order valence-corrected chi connectivity index (χ4v) is 2.31. The molecule has 25 heavy (non-hydrogen) atoms. The van der Waals surface area contributed by atoms with Crippen LogP contribution in [0.25, 0.3) is 5.69 Å². The molecular weight excluding hydrogens is 347 g/mol. The number of amides is 1. The van der Waals surface area contributed by atoms with Crippen molar-refractivity contribution in [2.45, 2.75) is 6.92 Å². The summed E-state index contributed by atoms with van der Waals surface area (Å²) in [6, 6.07) is 10.2. The number of pyridine rings is 1. The van der Waals surface area contributed by atoms with E-state index >= 15 is 0 Å². The summed E-state index contributed by atoms with van der Waals surface area (Å²) in [6.07, 6.45) is 1.36. The molecule has 0 aliphatic rings. The van der Waals surface area contributed by atoms with E-state index in [0.717, 1.165) is 0 Å². The first-order valence-electron chi connectivity index (χ1n) is 7.24. The zero-order chi connectivity index (χ0) is 18.0. The van der Waals surface area contributed by atoms with Gasteiger partial charge in [0.2, 0.25) is 5.43 Å². The Bertz CT molecular complexity index is 1000. The van der Waals surface area contributed by atoms with Crippen molar-refractivity contribution in [1.29, 1.82) is 0 Å². The van der Waals surface area contributed by atoms with E-state index in [1.165, 1.54) is 41.2 Å². The van der Waals surface area contributed by atoms with Gasteiger partial charge in [-0.1, -0.05) is 23.7 Å². The molecule has 2 aromatic heterocycles. The van der Waals surface area contributed by atoms with Crippen molar-refractivity contribution in [3.63, 3.8) is 0 Å². The Morgan fingerprint density at radius 2 is 2.00 bits per heavy atom. The van der Waals surface area contributed by atoms with Crippen LogP contribution in [0.4, 0.5) is 10.2 Å². The third-order valence-corrected chi connectivity index (χ3v) is 3.60. The third-order valence-electron chi connectivity index (χ3n) is 3.37. The van der Waals surface area contributed by atoms with Crippen LogP contribution < -0.4 is 10.7 Å². The number of carbonyl (C=O) groups excluding carboxylic acids is 1. The van der Waals surface area contributed by atoms with Crippen molar-refractivity contribution in [3.05, 3.63) is 81.1 Å². The highest BCUT2D eigenvalue weighted by molar-refractivity contribution is 6.30. The van der Waals surface area contributed by atoms with Gasteiger partial charge < -0.3 is 5.32 Å². The number of anilines is 1. The number of nitrogens with zero attached hydrogens (tertiary/aromatic N) is 3. The highest BCUT2D eigenvalue weighted by Crippen LogP contribution is 2.14. The molecule has 0 aliphatic carbocycles. The van der Waals surface area contributed by atoms with Crippen LogP contribution in [-0.4, -0.2) is 20.7 Å². The number of para-hydroxylation sites is 1. The molecule has 0 spiro atoms. The Morgan fingerprint density at radius 3 is 2.68 bits per heavy atom. The van der Waals surface area contributed by atoms with Crippen molar-refractivity contribution in [1.82, 2.24) is 14.8 Å². The number of halogens is 2. The summed E-state index contributed by atoms with van der Waals surface area (Å²) in [7, 11) is 0. The van der Waals surface area contributed by atoms with E-state index in [9.17, 15) is 14.0 Å². The summed E-state index contributed by atoms with van der Waals surface area (Å²) in [5.74, 6) is -1.05. The van der Waals surface area contributed by atoms with E-state index in [1.54, 1.807) is 19.1 Å². The van der Waals surface area contributed by atoms with Gasteiger partial charge in [0.25, 0.3) is 5.91 Å². The maximum atomic E-state index is 14.0. The fraction of sp³-hybridized carbons (Fsp3) is 0.0588. The number of nitrogens with one attached hydrogen (secondary N) is 1. The maximum Gasteiger partial charge on any atom is 0.281 e. The number of hydrogen-bond acceptors (Lipinski definition) is 4. The normalized spacial score (nSPS) is 10.5. The highest BCUT2D eigenvalue weighted by Gasteiger charge is 2.17. The largest absolute Gasteiger partial charge is 0.305 e. The number of benzene rings is 1. The zero-order valence-corrected chi connectivity index (χ0v) is 13.8. The second kappa shape index (κ2) is 6.82. The summed E-state index contributed by atoms with van der Waals surface area (Å²) in [4.78, 5) is 28.4. The van der Waals surface area contributed by atoms with Crippen LogP contribution in [0.5, 0.6) is 0 Å². The van der Waals surface area contributed by atoms with Crippen molar-refractivity contribution in [2.24, 2.45) is 0 Å². The molecule has 8 heteroatoms. The molecule has 0 atom stereocenters. The molecule has 126 valence electrons. The van der Waals surface area contributed by atoms with Gasteiger partial charge in [-0.25, -0.2) is 14.1 Å². The van der Waals surface area contributed by atoms with Crippen molar-refractivity contribution >= 4 is 23.3 Å². The molecule has 3 aromatic rings. The molecule has 0 saturated heterocycles. The quantitative estimate of drug-likeness (QED) is 0.780. The number of rotatable bonds is 3. The molecule has 0 unspecified atom stereocenters. The van der Waals surface area contributed by atoms with Gasteiger partial charge in [-0.15, -0.1) is 0 Å². The predicted octanol–water partition coefficient (Wildman–Crippen LogP) is 2.98. The second-order valence-electron chi connectivity index (χ2n) is 5.18. The SMILES string of the molecule is Cc1cc(=O)c(C(=O)Nc2ccc(Cl)cn2)nn1-c1ccccc1F. The smallest absolute Gasteiger partial charge is 0.281 e. The van der Waals surface area contributed by atoms with Crippen molar-refractivity contribution < 1.29 is 9.18 Å². The van der Waals surface area contributed by atoms with E-state index in [1.807, 2.05) is 0 Å². The molecule has 0 aliphatic heterocycles. The Kier molecular flexibility index (Phi) is 4.58. The third kappa shape index (κ3) is 3.56. The summed E-state index contributed by atoms with van der Waals surface area (Å²) in [6.45, 7) is 1.60. The minimum absolute atomic E-state index is 0.138. The first kappa shape index (κ1) is 16.8. The van der Waals surface area contributed by atoms with Crippen LogP contribution in [-0.2, 0) is 0 Å². The zero-order valence-electron chi connectivity index (χ0n) is 13.0. The van der Waals surface area contributed by atoms with E-state index in [2.05, 4.69) is 15.4 Å². The van der Waals surface area contributed by atoms with Crippen LogP contribution in [0.2, 0.25) is 5.02 Å². The summed E-state index contributed by atoms with van der Waals surface area (Å²) < 4.78 is 15.2. The van der Waals surface area contributed by atoms with E-state index in [0.29, 0.717) is 10.7 Å². The van der Waals surface area contributed by atoms with Gasteiger partial charge in [0, 0.05) is 18.0 Å². The molecule has 1 N–H and O–H groups in total. The molecule has 0 saturated carbocycles. The Morgan fingerprint density at radius 1 is 1.24 bits per heavy atom. The number of carbonyl (C=O) groups is 1. The first-order valence-corrected chi connectivity index (χ1v) is 7.62. The van der Waals surface area contributed by atoms with Crippen LogP contribution >= 0.6 is 11.6 Å². The lowest BCUT2D eigenvalue weighted by atomic mass is 10.2. The molecule has 0 fully saturated rings. The van der Waals surface area contributed by atoms with Crippen LogP contribution in [0.3, 0.4) is 0 Å². The summed E-state index contributed by atoms with van der Waals surface area (Å²) in [5.41, 5.74) is -0.405. The molecule has 6 nitrogen and oxygen atoms in total. The minimum atomic E-state index is -0.745. The Balaban J connectivity index is 2.00. The molecule has 0 bridgehead atoms. The second-order valence-corrected chi connectivity index (χ2v) is 5.61. The highest BCUT2D eigenvalue weighted by atomic mass is 35.5. The predicted molar refractivity (Wildman–Crippen MR) is 91.7 cm³/mol. The number of aryl methyl sites for hydroxylation is 1. The fourth-order valence-electron chi connectivity index (χ4n) is 2.20. The number of hydrogen-bond donors (Lipinski definition) is 1. The van der Waals surface area contributed by atoms with Crippen LogP contribution in [0, 0.1) is 12.7 Å². The van der Waals surface area contributed by atoms with Crippen molar-refractivity contribution in [3.8, 4) is 5.69 Å². The van der Waals surface area contributed by atoms with Gasteiger partial charge in [0.15, 0.2) is 5.69 Å². The molecule has 2 heterocycles. The van der Waals surface area contributed by atoms with Crippen molar-refractivity contribution in [2.75, 3.05) is 5.32 Å². The number of aromatic nitrogens is 3. The first-order chi connectivity index (χ1) is 12.0. The Labute approximate surface area is 146 Å². The van der Waals surface area contributed by atoms with Gasteiger partial charge in [-0.05, 0) is 31.2 Å². The molecular formula is C17H12ClFN4O2. The average Bonchev–Trinajstić information content (AvgIpc) is 2.58. The van der Waals surface area contributed by atoms with Gasteiger partial charge in [-0.3, -0.25) is 9.59 Å².